The average Bonchev–Trinajstić information content (AvgIpc) is 2.29. The number of rotatable bonds is 4. The first-order chi connectivity index (χ1) is 10.1. The van der Waals surface area contributed by atoms with E-state index in [1.165, 1.54) is 0 Å². The van der Waals surface area contributed by atoms with Gasteiger partial charge in [0.2, 0.25) is 0 Å². The molecule has 1 atom stereocenters. The molecule has 0 aliphatic heterocycles. The molecule has 1 unspecified atom stereocenters. The number of likely N-dealkylation sites (N-methyl/N-ethyl adjacent to an activating group) is 1. The number of quaternary nitrogens is 1. The van der Waals surface area contributed by atoms with Crippen molar-refractivity contribution in [1.29, 1.82) is 0 Å². The van der Waals surface area contributed by atoms with Gasteiger partial charge in [0, 0.05) is 16.1 Å². The third-order valence-electron chi connectivity index (χ3n) is 2.71. The minimum absolute atomic E-state index is 0.163. The lowest BCUT2D eigenvalue weighted by Crippen LogP contribution is -3.09. The van der Waals surface area contributed by atoms with Crippen LogP contribution in [0.2, 0.25) is 10.0 Å². The summed E-state index contributed by atoms with van der Waals surface area (Å²) in [5, 5.41) is 6.12. The zero-order valence-electron chi connectivity index (χ0n) is 13.2. The number of carbonyl (C=O) groups is 2. The van der Waals surface area contributed by atoms with Gasteiger partial charge in [-0.05, 0) is 32.9 Å². The van der Waals surface area contributed by atoms with Crippen molar-refractivity contribution in [3.63, 3.8) is 0 Å². The van der Waals surface area contributed by atoms with Crippen LogP contribution >= 0.6 is 23.2 Å². The molecule has 3 amide bonds. The molecular weight excluding hydrogens is 325 g/mol. The van der Waals surface area contributed by atoms with Gasteiger partial charge in [-0.15, -0.1) is 0 Å². The van der Waals surface area contributed by atoms with Gasteiger partial charge >= 0.3 is 6.03 Å². The minimum Gasteiger partial charge on any atom is -0.333 e. The number of hydrogen-bond acceptors (Lipinski definition) is 2. The smallest absolute Gasteiger partial charge is 0.322 e. The van der Waals surface area contributed by atoms with Crippen molar-refractivity contribution < 1.29 is 14.5 Å². The van der Waals surface area contributed by atoms with Crippen molar-refractivity contribution in [3.05, 3.63) is 33.8 Å². The maximum Gasteiger partial charge on any atom is 0.322 e. The lowest BCUT2D eigenvalue weighted by atomic mass is 10.1. The molecule has 122 valence electrons. The highest BCUT2D eigenvalue weighted by atomic mass is 35.5. The molecule has 0 aliphatic rings. The molecule has 1 aromatic carbocycles. The van der Waals surface area contributed by atoms with Crippen LogP contribution in [-0.2, 0) is 11.3 Å². The highest BCUT2D eigenvalue weighted by molar-refractivity contribution is 6.35. The van der Waals surface area contributed by atoms with E-state index < -0.39 is 6.03 Å². The van der Waals surface area contributed by atoms with Gasteiger partial charge in [0.25, 0.3) is 5.91 Å². The number of urea groups is 1. The molecule has 0 bridgehead atoms. The SMILES string of the molecule is C[NH+](CC(=O)NC(=O)NC(C)(C)C)Cc1ccc(Cl)cc1Cl. The summed E-state index contributed by atoms with van der Waals surface area (Å²) in [6, 6.07) is 4.77. The molecule has 0 aromatic heterocycles. The van der Waals surface area contributed by atoms with E-state index >= 15 is 0 Å². The quantitative estimate of drug-likeness (QED) is 0.775. The first-order valence-corrected chi connectivity index (χ1v) is 7.69. The summed E-state index contributed by atoms with van der Waals surface area (Å²) in [6.07, 6.45) is 0. The number of carbonyl (C=O) groups excluding carboxylic acids is 2. The molecule has 1 aromatic rings. The van der Waals surface area contributed by atoms with Crippen LogP contribution in [0.25, 0.3) is 0 Å². The van der Waals surface area contributed by atoms with Crippen LogP contribution in [0.5, 0.6) is 0 Å². The van der Waals surface area contributed by atoms with Crippen LogP contribution in [0.4, 0.5) is 4.79 Å². The van der Waals surface area contributed by atoms with Crippen LogP contribution < -0.4 is 15.5 Å². The Morgan fingerprint density at radius 3 is 2.41 bits per heavy atom. The summed E-state index contributed by atoms with van der Waals surface area (Å²) >= 11 is 12.0. The van der Waals surface area contributed by atoms with E-state index in [0.29, 0.717) is 16.6 Å². The molecule has 5 nitrogen and oxygen atoms in total. The fraction of sp³-hybridized carbons (Fsp3) is 0.467. The van der Waals surface area contributed by atoms with Gasteiger partial charge in [-0.2, -0.15) is 0 Å². The number of nitrogens with one attached hydrogen (secondary N) is 3. The standard InChI is InChI=1S/C15H21Cl2N3O2/c1-15(2,3)19-14(22)18-13(21)9-20(4)8-10-5-6-11(16)7-12(10)17/h5-7H,8-9H2,1-4H3,(H2,18,19,21,22)/p+1. The van der Waals surface area contributed by atoms with Crippen molar-refractivity contribution in [1.82, 2.24) is 10.6 Å². The second-order valence-corrected chi connectivity index (χ2v) is 7.14. The third-order valence-corrected chi connectivity index (χ3v) is 3.30. The number of hydrogen-bond donors (Lipinski definition) is 3. The molecule has 3 N–H and O–H groups in total. The molecule has 0 spiro atoms. The molecular formula is C15H22Cl2N3O2+. The number of benzene rings is 1. The summed E-state index contributed by atoms with van der Waals surface area (Å²) in [5.74, 6) is -0.343. The Morgan fingerprint density at radius 2 is 1.86 bits per heavy atom. The number of halogens is 2. The number of amides is 3. The zero-order valence-corrected chi connectivity index (χ0v) is 14.7. The second kappa shape index (κ2) is 7.81. The van der Waals surface area contributed by atoms with Crippen molar-refractivity contribution in [2.45, 2.75) is 32.9 Å². The Labute approximate surface area is 141 Å². The fourth-order valence-electron chi connectivity index (χ4n) is 1.87. The second-order valence-electron chi connectivity index (χ2n) is 6.30. The van der Waals surface area contributed by atoms with Gasteiger partial charge in [0.1, 0.15) is 6.54 Å². The van der Waals surface area contributed by atoms with Crippen LogP contribution in [0.3, 0.4) is 0 Å². The van der Waals surface area contributed by atoms with Gasteiger partial charge in [0.15, 0.2) is 6.54 Å². The Balaban J connectivity index is 2.49. The monoisotopic (exact) mass is 346 g/mol. The van der Waals surface area contributed by atoms with E-state index in [0.717, 1.165) is 10.5 Å². The summed E-state index contributed by atoms with van der Waals surface area (Å²) in [4.78, 5) is 24.4. The molecule has 0 saturated carbocycles. The molecule has 0 saturated heterocycles. The molecule has 0 heterocycles. The first kappa shape index (κ1) is 18.7. The maximum atomic E-state index is 11.8. The van der Waals surface area contributed by atoms with Crippen molar-refractivity contribution in [2.75, 3.05) is 13.6 Å². The van der Waals surface area contributed by atoms with E-state index in [1.54, 1.807) is 12.1 Å². The fourth-order valence-corrected chi connectivity index (χ4v) is 2.34. The average molecular weight is 347 g/mol. The highest BCUT2D eigenvalue weighted by Crippen LogP contribution is 2.20. The Hall–Kier alpha value is -1.30. The topological polar surface area (TPSA) is 62.6 Å². The van der Waals surface area contributed by atoms with Gasteiger partial charge in [0.05, 0.1) is 12.1 Å². The third kappa shape index (κ3) is 7.11. The molecule has 0 fully saturated rings. The van der Waals surface area contributed by atoms with Crippen LogP contribution in [0.15, 0.2) is 18.2 Å². The summed E-state index contributed by atoms with van der Waals surface area (Å²) < 4.78 is 0. The summed E-state index contributed by atoms with van der Waals surface area (Å²) in [5.41, 5.74) is 0.510. The Morgan fingerprint density at radius 1 is 1.23 bits per heavy atom. The molecule has 22 heavy (non-hydrogen) atoms. The van der Waals surface area contributed by atoms with E-state index in [1.807, 2.05) is 33.9 Å². The van der Waals surface area contributed by atoms with Crippen LogP contribution in [0.1, 0.15) is 26.3 Å². The van der Waals surface area contributed by atoms with Gasteiger partial charge < -0.3 is 10.2 Å². The van der Waals surface area contributed by atoms with Gasteiger partial charge in [-0.25, -0.2) is 4.79 Å². The van der Waals surface area contributed by atoms with E-state index in [2.05, 4.69) is 10.6 Å². The van der Waals surface area contributed by atoms with Crippen LogP contribution in [0, 0.1) is 0 Å². The van der Waals surface area contributed by atoms with Crippen molar-refractivity contribution in [3.8, 4) is 0 Å². The summed E-state index contributed by atoms with van der Waals surface area (Å²) in [6.45, 7) is 6.26. The van der Waals surface area contributed by atoms with Gasteiger partial charge in [-0.1, -0.05) is 29.3 Å². The van der Waals surface area contributed by atoms with Crippen molar-refractivity contribution >= 4 is 35.1 Å². The van der Waals surface area contributed by atoms with E-state index in [4.69, 9.17) is 23.2 Å². The lowest BCUT2D eigenvalue weighted by molar-refractivity contribution is -0.885. The van der Waals surface area contributed by atoms with Gasteiger partial charge in [-0.3, -0.25) is 10.1 Å². The molecule has 1 rings (SSSR count). The normalized spacial score (nSPS) is 12.6. The zero-order chi connectivity index (χ0) is 16.9. The predicted molar refractivity (Wildman–Crippen MR) is 88.3 cm³/mol. The maximum absolute atomic E-state index is 11.8. The molecule has 0 aliphatic carbocycles. The molecule has 0 radical (unpaired) electrons. The van der Waals surface area contributed by atoms with E-state index in [-0.39, 0.29) is 18.0 Å². The predicted octanol–water partition coefficient (Wildman–Crippen LogP) is 1.63. The summed E-state index contributed by atoms with van der Waals surface area (Å²) in [7, 11) is 1.85. The van der Waals surface area contributed by atoms with Crippen LogP contribution in [-0.4, -0.2) is 31.1 Å². The molecule has 7 heteroatoms. The first-order valence-electron chi connectivity index (χ1n) is 6.94. The lowest BCUT2D eigenvalue weighted by Gasteiger charge is -2.20. The van der Waals surface area contributed by atoms with Crippen molar-refractivity contribution in [2.24, 2.45) is 0 Å². The number of imide groups is 1. The Kier molecular flexibility index (Phi) is 6.66. The largest absolute Gasteiger partial charge is 0.333 e. The minimum atomic E-state index is -0.491. The Bertz CT molecular complexity index is 556. The highest BCUT2D eigenvalue weighted by Gasteiger charge is 2.18. The van der Waals surface area contributed by atoms with E-state index in [9.17, 15) is 9.59 Å².